The van der Waals surface area contributed by atoms with Gasteiger partial charge in [-0.2, -0.15) is 0 Å². The second kappa shape index (κ2) is 3.03. The van der Waals surface area contributed by atoms with Crippen molar-refractivity contribution in [2.45, 2.75) is 13.0 Å². The van der Waals surface area contributed by atoms with Gasteiger partial charge in [-0.25, -0.2) is 0 Å². The zero-order chi connectivity index (χ0) is 10.3. The molecule has 1 heterocycles. The zero-order valence-electron chi connectivity index (χ0n) is 8.23. The Morgan fingerprint density at radius 3 is 2.71 bits per heavy atom. The van der Waals surface area contributed by atoms with Crippen LogP contribution in [0.3, 0.4) is 0 Å². The second-order valence-corrected chi connectivity index (χ2v) is 3.57. The monoisotopic (exact) mass is 191 g/mol. The molecule has 0 fully saturated rings. The highest BCUT2D eigenvalue weighted by molar-refractivity contribution is 5.85. The van der Waals surface area contributed by atoms with Crippen molar-refractivity contribution >= 4 is 10.9 Å². The van der Waals surface area contributed by atoms with Gasteiger partial charge in [0.05, 0.1) is 11.6 Å². The topological polar surface area (TPSA) is 45.4 Å². The average Bonchev–Trinajstić information content (AvgIpc) is 2.44. The van der Waals surface area contributed by atoms with Crippen LogP contribution >= 0.6 is 0 Å². The summed E-state index contributed by atoms with van der Waals surface area (Å²) in [6.45, 7) is 1.74. The third-order valence-electron chi connectivity index (χ3n) is 2.46. The molecule has 1 atom stereocenters. The molecule has 0 aliphatic carbocycles. The van der Waals surface area contributed by atoms with Crippen molar-refractivity contribution in [3.8, 4) is 5.75 Å². The molecule has 2 aromatic rings. The average molecular weight is 191 g/mol. The summed E-state index contributed by atoms with van der Waals surface area (Å²) < 4.78 is 1.90. The SMILES string of the molecule is CC(O)c1cn(C)c2cc(O)ccc12. The van der Waals surface area contributed by atoms with Crippen LogP contribution in [0.1, 0.15) is 18.6 Å². The number of aliphatic hydroxyl groups excluding tert-OH is 1. The summed E-state index contributed by atoms with van der Waals surface area (Å²) >= 11 is 0. The minimum Gasteiger partial charge on any atom is -0.508 e. The third-order valence-corrected chi connectivity index (χ3v) is 2.46. The highest BCUT2D eigenvalue weighted by Gasteiger charge is 2.10. The van der Waals surface area contributed by atoms with E-state index in [4.69, 9.17) is 0 Å². The number of phenols is 1. The lowest BCUT2D eigenvalue weighted by molar-refractivity contribution is 0.200. The predicted octanol–water partition coefficient (Wildman–Crippen LogP) is 1.94. The van der Waals surface area contributed by atoms with Crippen molar-refractivity contribution in [1.82, 2.24) is 4.57 Å². The van der Waals surface area contributed by atoms with Crippen molar-refractivity contribution in [3.63, 3.8) is 0 Å². The highest BCUT2D eigenvalue weighted by atomic mass is 16.3. The van der Waals surface area contributed by atoms with Crippen LogP contribution in [0.2, 0.25) is 0 Å². The molecule has 0 amide bonds. The molecule has 74 valence electrons. The first kappa shape index (κ1) is 9.09. The van der Waals surface area contributed by atoms with E-state index in [1.54, 1.807) is 19.1 Å². The van der Waals surface area contributed by atoms with Crippen LogP contribution in [0.5, 0.6) is 5.75 Å². The molecule has 0 bridgehead atoms. The van der Waals surface area contributed by atoms with Gasteiger partial charge in [-0.1, -0.05) is 0 Å². The van der Waals surface area contributed by atoms with Crippen molar-refractivity contribution in [3.05, 3.63) is 30.0 Å². The van der Waals surface area contributed by atoms with Gasteiger partial charge in [-0.15, -0.1) is 0 Å². The number of aliphatic hydroxyl groups is 1. The first-order valence-electron chi connectivity index (χ1n) is 4.55. The number of hydrogen-bond donors (Lipinski definition) is 2. The second-order valence-electron chi connectivity index (χ2n) is 3.57. The predicted molar refractivity (Wildman–Crippen MR) is 55.2 cm³/mol. The van der Waals surface area contributed by atoms with Gasteiger partial charge in [-0.05, 0) is 19.1 Å². The Morgan fingerprint density at radius 2 is 2.07 bits per heavy atom. The fraction of sp³-hybridized carbons (Fsp3) is 0.273. The molecular formula is C11H13NO2. The summed E-state index contributed by atoms with van der Waals surface area (Å²) in [5.74, 6) is 0.246. The van der Waals surface area contributed by atoms with Gasteiger partial charge in [0.15, 0.2) is 0 Å². The molecule has 2 N–H and O–H groups in total. The molecule has 14 heavy (non-hydrogen) atoms. The number of fused-ring (bicyclic) bond motifs is 1. The zero-order valence-corrected chi connectivity index (χ0v) is 8.23. The maximum absolute atomic E-state index is 9.53. The molecule has 2 rings (SSSR count). The molecular weight excluding hydrogens is 178 g/mol. The molecule has 1 aromatic heterocycles. The van der Waals surface area contributed by atoms with Crippen molar-refractivity contribution < 1.29 is 10.2 Å². The normalized spacial score (nSPS) is 13.4. The van der Waals surface area contributed by atoms with Crippen LogP contribution in [-0.4, -0.2) is 14.8 Å². The molecule has 0 radical (unpaired) electrons. The van der Waals surface area contributed by atoms with Gasteiger partial charge in [0.2, 0.25) is 0 Å². The molecule has 1 unspecified atom stereocenters. The third kappa shape index (κ3) is 1.26. The molecule has 3 nitrogen and oxygen atoms in total. The number of phenolic OH excluding ortho intramolecular Hbond substituents is 1. The molecule has 1 aromatic carbocycles. The Hall–Kier alpha value is -1.48. The van der Waals surface area contributed by atoms with Gasteiger partial charge < -0.3 is 14.8 Å². The van der Waals surface area contributed by atoms with E-state index in [-0.39, 0.29) is 5.75 Å². The number of benzene rings is 1. The molecule has 0 saturated carbocycles. The number of aromatic hydroxyl groups is 1. The maximum Gasteiger partial charge on any atom is 0.117 e. The Kier molecular flexibility index (Phi) is 1.97. The Labute approximate surface area is 82.2 Å². The molecule has 0 saturated heterocycles. The summed E-state index contributed by atoms with van der Waals surface area (Å²) in [6, 6.07) is 5.15. The van der Waals surface area contributed by atoms with Crippen molar-refractivity contribution in [2.75, 3.05) is 0 Å². The fourth-order valence-electron chi connectivity index (χ4n) is 1.74. The van der Waals surface area contributed by atoms with Crippen LogP contribution in [0.4, 0.5) is 0 Å². The van der Waals surface area contributed by atoms with E-state index < -0.39 is 6.10 Å². The molecule has 0 aliphatic rings. The van der Waals surface area contributed by atoms with Gasteiger partial charge in [0, 0.05) is 30.3 Å². The largest absolute Gasteiger partial charge is 0.508 e. The first-order valence-corrected chi connectivity index (χ1v) is 4.55. The van der Waals surface area contributed by atoms with E-state index in [1.165, 1.54) is 0 Å². The number of aromatic nitrogens is 1. The number of nitrogens with zero attached hydrogens (tertiary/aromatic N) is 1. The first-order chi connectivity index (χ1) is 6.59. The highest BCUT2D eigenvalue weighted by Crippen LogP contribution is 2.28. The minimum atomic E-state index is -0.483. The van der Waals surface area contributed by atoms with E-state index in [1.807, 2.05) is 23.9 Å². The summed E-state index contributed by atoms with van der Waals surface area (Å²) in [5, 5.41) is 19.8. The van der Waals surface area contributed by atoms with E-state index in [2.05, 4.69) is 0 Å². The standard InChI is InChI=1S/C11H13NO2/c1-7(13)10-6-12(2)11-5-8(14)3-4-9(10)11/h3-7,13-14H,1-2H3. The van der Waals surface area contributed by atoms with Crippen LogP contribution < -0.4 is 0 Å². The minimum absolute atomic E-state index is 0.246. The Balaban J connectivity index is 2.77. The summed E-state index contributed by atoms with van der Waals surface area (Å²) in [7, 11) is 1.90. The van der Waals surface area contributed by atoms with Gasteiger partial charge in [-0.3, -0.25) is 0 Å². The van der Waals surface area contributed by atoms with Gasteiger partial charge >= 0.3 is 0 Å². The summed E-state index contributed by atoms with van der Waals surface area (Å²) in [5.41, 5.74) is 1.82. The molecule has 0 aliphatic heterocycles. The van der Waals surface area contributed by atoms with Crippen LogP contribution in [0, 0.1) is 0 Å². The van der Waals surface area contributed by atoms with Crippen molar-refractivity contribution in [1.29, 1.82) is 0 Å². The number of aryl methyl sites for hydroxylation is 1. The number of hydrogen-bond acceptors (Lipinski definition) is 2. The summed E-state index contributed by atoms with van der Waals surface area (Å²) in [6.07, 6.45) is 1.40. The van der Waals surface area contributed by atoms with Crippen LogP contribution in [-0.2, 0) is 7.05 Å². The Bertz CT molecular complexity index is 471. The Morgan fingerprint density at radius 1 is 1.36 bits per heavy atom. The smallest absolute Gasteiger partial charge is 0.117 e. The lowest BCUT2D eigenvalue weighted by Gasteiger charge is -2.00. The maximum atomic E-state index is 9.53. The molecule has 0 spiro atoms. The van der Waals surface area contributed by atoms with E-state index in [0.29, 0.717) is 0 Å². The van der Waals surface area contributed by atoms with Crippen LogP contribution in [0.15, 0.2) is 24.4 Å². The summed E-state index contributed by atoms with van der Waals surface area (Å²) in [4.78, 5) is 0. The van der Waals surface area contributed by atoms with E-state index >= 15 is 0 Å². The van der Waals surface area contributed by atoms with E-state index in [9.17, 15) is 10.2 Å². The number of rotatable bonds is 1. The van der Waals surface area contributed by atoms with Gasteiger partial charge in [0.1, 0.15) is 5.75 Å². The van der Waals surface area contributed by atoms with Crippen LogP contribution in [0.25, 0.3) is 10.9 Å². The van der Waals surface area contributed by atoms with E-state index in [0.717, 1.165) is 16.5 Å². The van der Waals surface area contributed by atoms with Crippen molar-refractivity contribution in [2.24, 2.45) is 7.05 Å². The molecule has 3 heteroatoms. The fourth-order valence-corrected chi connectivity index (χ4v) is 1.74. The lowest BCUT2D eigenvalue weighted by atomic mass is 10.1. The quantitative estimate of drug-likeness (QED) is 0.723. The lowest BCUT2D eigenvalue weighted by Crippen LogP contribution is -1.88. The van der Waals surface area contributed by atoms with Gasteiger partial charge in [0.25, 0.3) is 0 Å².